The summed E-state index contributed by atoms with van der Waals surface area (Å²) in [6, 6.07) is 8.15. The van der Waals surface area contributed by atoms with Crippen molar-refractivity contribution in [2.75, 3.05) is 58.9 Å². The van der Waals surface area contributed by atoms with Gasteiger partial charge in [-0.3, -0.25) is 9.89 Å². The summed E-state index contributed by atoms with van der Waals surface area (Å²) in [7, 11) is 0. The number of piperazine rings is 1. The molecule has 0 unspecified atom stereocenters. The summed E-state index contributed by atoms with van der Waals surface area (Å²) in [6.07, 6.45) is 2.79. The molecule has 6 nitrogen and oxygen atoms in total. The zero-order valence-electron chi connectivity index (χ0n) is 18.1. The third-order valence-electron chi connectivity index (χ3n) is 5.75. The lowest BCUT2D eigenvalue weighted by atomic mass is 10.1. The first kappa shape index (κ1) is 25.6. The molecule has 2 fully saturated rings. The Hall–Kier alpha value is -0.610. The van der Waals surface area contributed by atoms with Crippen molar-refractivity contribution in [1.82, 2.24) is 20.0 Å². The summed E-state index contributed by atoms with van der Waals surface area (Å²) in [5, 5.41) is 13.9. The Morgan fingerprint density at radius 1 is 1.13 bits per heavy atom. The fraction of sp³-hybridized carbons (Fsp3) is 0.682. The van der Waals surface area contributed by atoms with E-state index in [0.29, 0.717) is 0 Å². The molecule has 2 saturated heterocycles. The second-order valence-electron chi connectivity index (χ2n) is 8.06. The molecule has 2 heterocycles. The van der Waals surface area contributed by atoms with Gasteiger partial charge in [-0.15, -0.1) is 24.0 Å². The Morgan fingerprint density at radius 3 is 2.53 bits per heavy atom. The van der Waals surface area contributed by atoms with Gasteiger partial charge in [0.05, 0.1) is 6.10 Å². The maximum atomic E-state index is 9.62. The number of benzene rings is 1. The van der Waals surface area contributed by atoms with Gasteiger partial charge in [0, 0.05) is 63.9 Å². The van der Waals surface area contributed by atoms with Gasteiger partial charge in [-0.05, 0) is 50.4 Å². The lowest BCUT2D eigenvalue weighted by molar-refractivity contribution is 0.0824. The Bertz CT molecular complexity index is 646. The van der Waals surface area contributed by atoms with Gasteiger partial charge in [0.15, 0.2) is 5.96 Å². The van der Waals surface area contributed by atoms with E-state index in [0.717, 1.165) is 95.7 Å². The van der Waals surface area contributed by atoms with Crippen LogP contribution in [0.2, 0.25) is 5.02 Å². The maximum absolute atomic E-state index is 9.62. The minimum Gasteiger partial charge on any atom is -0.393 e. The molecule has 0 amide bonds. The third-order valence-corrected chi connectivity index (χ3v) is 5.99. The monoisotopic (exact) mass is 549 g/mol. The predicted molar refractivity (Wildman–Crippen MR) is 136 cm³/mol. The van der Waals surface area contributed by atoms with Gasteiger partial charge < -0.3 is 20.2 Å². The molecule has 0 atom stereocenters. The molecule has 2 aliphatic rings. The van der Waals surface area contributed by atoms with E-state index >= 15 is 0 Å². The SMILES string of the molecule is CCNC(=NCCCN1CCC(O)CC1)N1CCN(Cc2cccc(Cl)c2)CC1.I. The van der Waals surface area contributed by atoms with Crippen molar-refractivity contribution in [3.63, 3.8) is 0 Å². The molecule has 0 aliphatic carbocycles. The highest BCUT2D eigenvalue weighted by Crippen LogP contribution is 2.14. The largest absolute Gasteiger partial charge is 0.393 e. The Labute approximate surface area is 203 Å². The van der Waals surface area contributed by atoms with Crippen LogP contribution in [0, 0.1) is 0 Å². The number of hydrogen-bond acceptors (Lipinski definition) is 4. The molecule has 0 saturated carbocycles. The van der Waals surface area contributed by atoms with Gasteiger partial charge in [-0.25, -0.2) is 0 Å². The molecule has 170 valence electrons. The maximum Gasteiger partial charge on any atom is 0.194 e. The van der Waals surface area contributed by atoms with Crippen LogP contribution in [0.5, 0.6) is 0 Å². The van der Waals surface area contributed by atoms with Crippen molar-refractivity contribution in [2.45, 2.75) is 38.8 Å². The van der Waals surface area contributed by atoms with Gasteiger partial charge in [0.2, 0.25) is 0 Å². The van der Waals surface area contributed by atoms with Crippen LogP contribution in [0.15, 0.2) is 29.3 Å². The summed E-state index contributed by atoms with van der Waals surface area (Å²) in [5.74, 6) is 1.05. The molecule has 2 N–H and O–H groups in total. The molecule has 1 aromatic carbocycles. The van der Waals surface area contributed by atoms with Crippen LogP contribution in [0.25, 0.3) is 0 Å². The van der Waals surface area contributed by atoms with Gasteiger partial charge in [-0.1, -0.05) is 23.7 Å². The van der Waals surface area contributed by atoms with Crippen LogP contribution >= 0.6 is 35.6 Å². The smallest absolute Gasteiger partial charge is 0.194 e. The van der Waals surface area contributed by atoms with Crippen LogP contribution in [-0.2, 0) is 6.54 Å². The van der Waals surface area contributed by atoms with Crippen LogP contribution in [-0.4, -0.2) is 90.8 Å². The molecule has 3 rings (SSSR count). The average Bonchev–Trinajstić information content (AvgIpc) is 2.72. The summed E-state index contributed by atoms with van der Waals surface area (Å²) >= 11 is 6.11. The fourth-order valence-electron chi connectivity index (χ4n) is 4.06. The number of halogens is 2. The molecular weight excluding hydrogens is 513 g/mol. The zero-order valence-corrected chi connectivity index (χ0v) is 21.2. The topological polar surface area (TPSA) is 54.3 Å². The number of likely N-dealkylation sites (tertiary alicyclic amines) is 1. The minimum atomic E-state index is -0.0952. The van der Waals surface area contributed by atoms with Gasteiger partial charge in [-0.2, -0.15) is 0 Å². The number of guanidine groups is 1. The molecule has 30 heavy (non-hydrogen) atoms. The number of aliphatic imine (C=N–C) groups is 1. The standard InChI is InChI=1S/C22H36ClN5O.HI/c1-2-24-22(25-9-4-10-26-11-7-21(29)8-12-26)28-15-13-27(14-16-28)18-19-5-3-6-20(23)17-19;/h3,5-6,17,21,29H,2,4,7-16,18H2,1H3,(H,24,25);1H. The summed E-state index contributed by atoms with van der Waals surface area (Å²) < 4.78 is 0. The van der Waals surface area contributed by atoms with Crippen molar-refractivity contribution in [3.8, 4) is 0 Å². The quantitative estimate of drug-likeness (QED) is 0.237. The highest BCUT2D eigenvalue weighted by molar-refractivity contribution is 14.0. The number of nitrogens with zero attached hydrogens (tertiary/aromatic N) is 4. The van der Waals surface area contributed by atoms with E-state index in [9.17, 15) is 5.11 Å². The van der Waals surface area contributed by atoms with Crippen molar-refractivity contribution < 1.29 is 5.11 Å². The third kappa shape index (κ3) is 8.49. The van der Waals surface area contributed by atoms with Crippen LogP contribution in [0.1, 0.15) is 31.7 Å². The van der Waals surface area contributed by atoms with E-state index in [1.807, 2.05) is 12.1 Å². The Kier molecular flexibility index (Phi) is 11.7. The van der Waals surface area contributed by atoms with Gasteiger partial charge >= 0.3 is 0 Å². The highest BCUT2D eigenvalue weighted by Gasteiger charge is 2.20. The first-order valence-corrected chi connectivity index (χ1v) is 11.4. The van der Waals surface area contributed by atoms with E-state index in [1.165, 1.54) is 5.56 Å². The Morgan fingerprint density at radius 2 is 1.87 bits per heavy atom. The molecular formula is C22H37ClIN5O. The van der Waals surface area contributed by atoms with E-state index in [1.54, 1.807) is 0 Å². The molecule has 0 bridgehead atoms. The number of rotatable bonds is 7. The second kappa shape index (κ2) is 13.7. The molecule has 0 radical (unpaired) electrons. The average molecular weight is 550 g/mol. The van der Waals surface area contributed by atoms with E-state index in [-0.39, 0.29) is 30.1 Å². The van der Waals surface area contributed by atoms with E-state index in [4.69, 9.17) is 16.6 Å². The van der Waals surface area contributed by atoms with Crippen molar-refractivity contribution >= 4 is 41.5 Å². The fourth-order valence-corrected chi connectivity index (χ4v) is 4.27. The van der Waals surface area contributed by atoms with Crippen LogP contribution in [0.4, 0.5) is 0 Å². The minimum absolute atomic E-state index is 0. The van der Waals surface area contributed by atoms with Crippen LogP contribution < -0.4 is 5.32 Å². The van der Waals surface area contributed by atoms with Crippen LogP contribution in [0.3, 0.4) is 0 Å². The Balaban J connectivity index is 0.00000320. The zero-order chi connectivity index (χ0) is 20.5. The van der Waals surface area contributed by atoms with Gasteiger partial charge in [0.1, 0.15) is 0 Å². The molecule has 0 spiro atoms. The summed E-state index contributed by atoms with van der Waals surface area (Å²) in [5.41, 5.74) is 1.27. The first-order chi connectivity index (χ1) is 14.1. The van der Waals surface area contributed by atoms with E-state index in [2.05, 4.69) is 39.1 Å². The second-order valence-corrected chi connectivity index (χ2v) is 8.49. The number of piperidine rings is 1. The molecule has 8 heteroatoms. The molecule has 1 aromatic rings. The lowest BCUT2D eigenvalue weighted by Gasteiger charge is -2.36. The number of hydrogen-bond donors (Lipinski definition) is 2. The number of aliphatic hydroxyl groups is 1. The number of nitrogens with one attached hydrogen (secondary N) is 1. The van der Waals surface area contributed by atoms with E-state index < -0.39 is 0 Å². The number of aliphatic hydroxyl groups excluding tert-OH is 1. The molecule has 2 aliphatic heterocycles. The van der Waals surface area contributed by atoms with Gasteiger partial charge in [0.25, 0.3) is 0 Å². The predicted octanol–water partition coefficient (Wildman–Crippen LogP) is 2.89. The first-order valence-electron chi connectivity index (χ1n) is 11.0. The highest BCUT2D eigenvalue weighted by atomic mass is 127. The van der Waals surface area contributed by atoms with Crippen molar-refractivity contribution in [2.24, 2.45) is 4.99 Å². The normalized spacial score (nSPS) is 19.6. The lowest BCUT2D eigenvalue weighted by Crippen LogP contribution is -2.52. The molecule has 0 aromatic heterocycles. The van der Waals surface area contributed by atoms with Crippen molar-refractivity contribution in [1.29, 1.82) is 0 Å². The summed E-state index contributed by atoms with van der Waals surface area (Å²) in [6.45, 7) is 12.0. The van der Waals surface area contributed by atoms with Crippen molar-refractivity contribution in [3.05, 3.63) is 34.9 Å². The summed E-state index contributed by atoms with van der Waals surface area (Å²) in [4.78, 5) is 12.2.